The zero-order valence-corrected chi connectivity index (χ0v) is 21.9. The third kappa shape index (κ3) is 6.50. The second kappa shape index (κ2) is 13.5. The molecule has 198 valence electrons. The number of ether oxygens (including phenoxy) is 5. The lowest BCUT2D eigenvalue weighted by atomic mass is 10.1. The van der Waals surface area contributed by atoms with Gasteiger partial charge in [-0.3, -0.25) is 4.79 Å². The van der Waals surface area contributed by atoms with Gasteiger partial charge in [-0.25, -0.2) is 0 Å². The number of carbonyl (C=O) groups excluding carboxylic acids is 1. The van der Waals surface area contributed by atoms with E-state index in [1.165, 1.54) is 18.3 Å². The van der Waals surface area contributed by atoms with Crippen LogP contribution >= 0.6 is 0 Å². The molecular formula is C29H30N2O7. The molecule has 0 atom stereocenters. The van der Waals surface area contributed by atoms with Crippen LogP contribution in [-0.4, -0.2) is 41.3 Å². The highest BCUT2D eigenvalue weighted by Crippen LogP contribution is 2.38. The first-order chi connectivity index (χ1) is 18.5. The van der Waals surface area contributed by atoms with E-state index in [1.807, 2.05) is 36.4 Å². The van der Waals surface area contributed by atoms with Gasteiger partial charge in [-0.05, 0) is 47.2 Å². The van der Waals surface area contributed by atoms with Gasteiger partial charge in [0.15, 0.2) is 17.3 Å². The Morgan fingerprint density at radius 3 is 2.21 bits per heavy atom. The summed E-state index contributed by atoms with van der Waals surface area (Å²) >= 11 is 0. The van der Waals surface area contributed by atoms with E-state index >= 15 is 0 Å². The minimum absolute atomic E-state index is 0.0798. The number of carbonyl (C=O) groups is 1. The van der Waals surface area contributed by atoms with Gasteiger partial charge in [0, 0.05) is 17.8 Å². The molecule has 0 spiro atoms. The zero-order chi connectivity index (χ0) is 27.5. The first kappa shape index (κ1) is 27.8. The van der Waals surface area contributed by atoms with Crippen molar-refractivity contribution in [3.63, 3.8) is 0 Å². The first-order valence-electron chi connectivity index (χ1n) is 11.6. The second-order valence-corrected chi connectivity index (χ2v) is 7.88. The van der Waals surface area contributed by atoms with E-state index in [0.717, 1.165) is 11.1 Å². The van der Waals surface area contributed by atoms with Crippen LogP contribution in [0.1, 0.15) is 22.3 Å². The molecule has 2 aromatic rings. The van der Waals surface area contributed by atoms with Crippen molar-refractivity contribution in [1.29, 1.82) is 0 Å². The Kier molecular flexibility index (Phi) is 9.87. The molecule has 9 heteroatoms. The molecule has 1 aliphatic rings. The fraction of sp³-hybridized carbons (Fsp3) is 0.207. The molecule has 3 rings (SSSR count). The van der Waals surface area contributed by atoms with E-state index in [-0.39, 0.29) is 17.0 Å². The van der Waals surface area contributed by atoms with Crippen molar-refractivity contribution in [1.82, 2.24) is 5.32 Å². The SMILES string of the molecule is COC1=CC=C(/C=C\c2cc(OC)c(OC)c(OC)c2)C(N/C=C\C(=O)c2ccccc2N=O)=C(OC)C1. The lowest BCUT2D eigenvalue weighted by molar-refractivity contribution is 0.104. The van der Waals surface area contributed by atoms with Crippen LogP contribution < -0.4 is 19.5 Å². The van der Waals surface area contributed by atoms with E-state index < -0.39 is 0 Å². The minimum Gasteiger partial charge on any atom is -0.501 e. The van der Waals surface area contributed by atoms with Crippen LogP contribution in [0.3, 0.4) is 0 Å². The van der Waals surface area contributed by atoms with Crippen LogP contribution in [0.4, 0.5) is 5.69 Å². The molecule has 0 unspecified atom stereocenters. The van der Waals surface area contributed by atoms with Crippen LogP contribution in [0.25, 0.3) is 6.08 Å². The maximum absolute atomic E-state index is 12.7. The molecule has 0 saturated carbocycles. The largest absolute Gasteiger partial charge is 0.501 e. The van der Waals surface area contributed by atoms with E-state index in [2.05, 4.69) is 10.5 Å². The fourth-order valence-electron chi connectivity index (χ4n) is 3.79. The predicted octanol–water partition coefficient (Wildman–Crippen LogP) is 5.83. The van der Waals surface area contributed by atoms with Crippen molar-refractivity contribution in [3.8, 4) is 17.2 Å². The van der Waals surface area contributed by atoms with Crippen LogP contribution in [0.5, 0.6) is 17.2 Å². The molecule has 0 heterocycles. The molecule has 0 saturated heterocycles. The normalized spacial score (nSPS) is 13.5. The Morgan fingerprint density at radius 1 is 0.895 bits per heavy atom. The van der Waals surface area contributed by atoms with Gasteiger partial charge in [0.1, 0.15) is 17.2 Å². The Balaban J connectivity index is 1.95. The molecule has 0 aliphatic heterocycles. The van der Waals surface area contributed by atoms with Crippen LogP contribution in [0.15, 0.2) is 94.9 Å². The summed E-state index contributed by atoms with van der Waals surface area (Å²) in [5.41, 5.74) is 2.49. The summed E-state index contributed by atoms with van der Waals surface area (Å²) in [6, 6.07) is 10.0. The molecule has 0 radical (unpaired) electrons. The quantitative estimate of drug-likeness (QED) is 0.213. The third-order valence-electron chi connectivity index (χ3n) is 5.73. The van der Waals surface area contributed by atoms with Gasteiger partial charge in [0.05, 0.1) is 53.2 Å². The summed E-state index contributed by atoms with van der Waals surface area (Å²) in [6.45, 7) is 0. The highest BCUT2D eigenvalue weighted by molar-refractivity contribution is 6.07. The monoisotopic (exact) mass is 518 g/mol. The van der Waals surface area contributed by atoms with Gasteiger partial charge in [0.2, 0.25) is 5.75 Å². The summed E-state index contributed by atoms with van der Waals surface area (Å²) in [5.74, 6) is 2.49. The molecule has 0 bridgehead atoms. The highest BCUT2D eigenvalue weighted by Gasteiger charge is 2.17. The second-order valence-electron chi connectivity index (χ2n) is 7.88. The summed E-state index contributed by atoms with van der Waals surface area (Å²) in [7, 11) is 7.82. The van der Waals surface area contributed by atoms with E-state index in [4.69, 9.17) is 23.7 Å². The Morgan fingerprint density at radius 2 is 1.61 bits per heavy atom. The van der Waals surface area contributed by atoms with E-state index in [0.29, 0.717) is 40.9 Å². The molecule has 2 aromatic carbocycles. The number of ketones is 1. The van der Waals surface area contributed by atoms with Gasteiger partial charge in [0.25, 0.3) is 0 Å². The van der Waals surface area contributed by atoms with Crippen molar-refractivity contribution in [2.24, 2.45) is 5.18 Å². The van der Waals surface area contributed by atoms with Crippen molar-refractivity contribution in [3.05, 3.63) is 106 Å². The molecule has 0 amide bonds. The average molecular weight is 519 g/mol. The van der Waals surface area contributed by atoms with E-state index in [9.17, 15) is 9.70 Å². The number of nitroso groups, excluding NO2 is 1. The van der Waals surface area contributed by atoms with Gasteiger partial charge in [-0.1, -0.05) is 24.3 Å². The van der Waals surface area contributed by atoms with Crippen molar-refractivity contribution in [2.45, 2.75) is 6.42 Å². The van der Waals surface area contributed by atoms with Gasteiger partial charge in [-0.15, -0.1) is 4.91 Å². The Labute approximate surface area is 221 Å². The zero-order valence-electron chi connectivity index (χ0n) is 21.9. The number of rotatable bonds is 12. The number of nitrogens with zero attached hydrogens (tertiary/aromatic N) is 1. The molecule has 0 fully saturated rings. The predicted molar refractivity (Wildman–Crippen MR) is 145 cm³/mol. The minimum atomic E-state index is -0.366. The molecular weight excluding hydrogens is 488 g/mol. The van der Waals surface area contributed by atoms with Crippen molar-refractivity contribution < 1.29 is 28.5 Å². The topological polar surface area (TPSA) is 105 Å². The maximum atomic E-state index is 12.7. The third-order valence-corrected chi connectivity index (χ3v) is 5.73. The number of nitrogens with one attached hydrogen (secondary N) is 1. The Bertz CT molecular complexity index is 1310. The van der Waals surface area contributed by atoms with E-state index in [1.54, 1.807) is 53.7 Å². The number of allylic oxidation sites excluding steroid dienone is 4. The fourth-order valence-corrected chi connectivity index (χ4v) is 3.79. The lowest BCUT2D eigenvalue weighted by Crippen LogP contribution is -2.12. The number of hydrogen-bond donors (Lipinski definition) is 1. The standard InChI is InChI=1S/C29H30N2O7/c1-34-21-13-12-20(11-10-19-16-26(36-3)29(38-5)27(17-19)37-4)28(25(18-21)35-2)30-15-14-24(32)22-8-6-7-9-23(22)31-33/h6-17,30H,18H2,1-5H3/b11-10-,15-14-. The summed E-state index contributed by atoms with van der Waals surface area (Å²) in [6.07, 6.45) is 10.7. The van der Waals surface area contributed by atoms with Gasteiger partial charge in [-0.2, -0.15) is 0 Å². The first-order valence-corrected chi connectivity index (χ1v) is 11.6. The maximum Gasteiger partial charge on any atom is 0.203 e. The molecule has 9 nitrogen and oxygen atoms in total. The van der Waals surface area contributed by atoms with Gasteiger partial charge < -0.3 is 29.0 Å². The number of hydrogen-bond acceptors (Lipinski definition) is 9. The summed E-state index contributed by atoms with van der Waals surface area (Å²) in [4.78, 5) is 23.7. The van der Waals surface area contributed by atoms with Crippen LogP contribution in [0.2, 0.25) is 0 Å². The highest BCUT2D eigenvalue weighted by atomic mass is 16.5. The van der Waals surface area contributed by atoms with Gasteiger partial charge >= 0.3 is 0 Å². The van der Waals surface area contributed by atoms with Crippen LogP contribution in [0, 0.1) is 4.91 Å². The summed E-state index contributed by atoms with van der Waals surface area (Å²) in [5, 5.41) is 6.09. The average Bonchev–Trinajstić information content (AvgIpc) is 3.13. The lowest BCUT2D eigenvalue weighted by Gasteiger charge is -2.15. The van der Waals surface area contributed by atoms with Crippen molar-refractivity contribution in [2.75, 3.05) is 35.5 Å². The molecule has 0 aromatic heterocycles. The number of benzene rings is 2. The molecule has 38 heavy (non-hydrogen) atoms. The van der Waals surface area contributed by atoms with Crippen molar-refractivity contribution >= 4 is 17.5 Å². The molecule has 1 aliphatic carbocycles. The Hall–Kier alpha value is -4.79. The number of methoxy groups -OCH3 is 5. The smallest absolute Gasteiger partial charge is 0.203 e. The molecule has 1 N–H and O–H groups in total. The van der Waals surface area contributed by atoms with Crippen LogP contribution in [-0.2, 0) is 9.47 Å². The summed E-state index contributed by atoms with van der Waals surface area (Å²) < 4.78 is 27.5.